The molecular weight excluding hydrogens is 150 g/mol. The number of aliphatic hydroxyl groups excluding tert-OH is 1. The first-order chi connectivity index (χ1) is 5.68. The number of hydrogen-bond acceptors (Lipinski definition) is 2. The Morgan fingerprint density at radius 3 is 2.75 bits per heavy atom. The summed E-state index contributed by atoms with van der Waals surface area (Å²) in [6, 6.07) is 0.721. The fraction of sp³-hybridized carbons (Fsp3) is 1.00. The molecule has 3 atom stereocenters. The first-order valence-electron chi connectivity index (χ1n) is 5.10. The van der Waals surface area contributed by atoms with Gasteiger partial charge in [-0.2, -0.15) is 0 Å². The molecule has 0 aromatic carbocycles. The smallest absolute Gasteiger partial charge is 0.0524 e. The molecule has 0 unspecified atom stereocenters. The Morgan fingerprint density at radius 2 is 2.25 bits per heavy atom. The van der Waals surface area contributed by atoms with Crippen LogP contribution >= 0.6 is 0 Å². The maximum absolute atomic E-state index is 9.04. The Bertz CT molecular complexity index is 125. The molecule has 0 bridgehead atoms. The van der Waals surface area contributed by atoms with E-state index < -0.39 is 0 Å². The average molecular weight is 171 g/mol. The fourth-order valence-electron chi connectivity index (χ4n) is 1.89. The van der Waals surface area contributed by atoms with Crippen molar-refractivity contribution in [1.82, 2.24) is 5.32 Å². The van der Waals surface area contributed by atoms with Crippen molar-refractivity contribution >= 4 is 0 Å². The van der Waals surface area contributed by atoms with Crippen LogP contribution in [-0.2, 0) is 0 Å². The van der Waals surface area contributed by atoms with E-state index in [1.807, 2.05) is 6.92 Å². The molecule has 0 amide bonds. The molecule has 1 fully saturated rings. The van der Waals surface area contributed by atoms with Gasteiger partial charge in [0, 0.05) is 6.04 Å². The third-order valence-electron chi connectivity index (χ3n) is 2.69. The Kier molecular flexibility index (Phi) is 4.02. The first-order valence-corrected chi connectivity index (χ1v) is 5.10. The van der Waals surface area contributed by atoms with Gasteiger partial charge in [-0.25, -0.2) is 0 Å². The summed E-state index contributed by atoms with van der Waals surface area (Å²) in [4.78, 5) is 0. The highest BCUT2D eigenvalue weighted by Gasteiger charge is 2.20. The van der Waals surface area contributed by atoms with E-state index in [1.165, 1.54) is 19.3 Å². The molecule has 1 aliphatic carbocycles. The molecule has 0 heterocycles. The SMILES string of the molecule is C[C@@H]1CC[C@H](NCC[C@H](C)O)C1. The van der Waals surface area contributed by atoms with E-state index in [0.717, 1.165) is 24.9 Å². The fourth-order valence-corrected chi connectivity index (χ4v) is 1.89. The summed E-state index contributed by atoms with van der Waals surface area (Å²) in [6.07, 6.45) is 4.73. The highest BCUT2D eigenvalue weighted by atomic mass is 16.3. The number of rotatable bonds is 4. The van der Waals surface area contributed by atoms with Crippen molar-refractivity contribution in [1.29, 1.82) is 0 Å². The van der Waals surface area contributed by atoms with Gasteiger partial charge in [-0.1, -0.05) is 6.92 Å². The van der Waals surface area contributed by atoms with Gasteiger partial charge in [0.25, 0.3) is 0 Å². The summed E-state index contributed by atoms with van der Waals surface area (Å²) < 4.78 is 0. The molecule has 2 nitrogen and oxygen atoms in total. The number of aliphatic hydroxyl groups is 1. The monoisotopic (exact) mass is 171 g/mol. The second-order valence-corrected chi connectivity index (χ2v) is 4.21. The summed E-state index contributed by atoms with van der Waals surface area (Å²) in [5, 5.41) is 12.5. The van der Waals surface area contributed by atoms with Crippen LogP contribution in [0.5, 0.6) is 0 Å². The standard InChI is InChI=1S/C10H21NO/c1-8-3-4-10(7-8)11-6-5-9(2)12/h8-12H,3-7H2,1-2H3/t8-,9+,10+/m1/s1. The van der Waals surface area contributed by atoms with Crippen LogP contribution in [-0.4, -0.2) is 23.8 Å². The molecule has 72 valence electrons. The van der Waals surface area contributed by atoms with Gasteiger partial charge in [0.15, 0.2) is 0 Å². The Hall–Kier alpha value is -0.0800. The first kappa shape index (κ1) is 10.0. The predicted molar refractivity (Wildman–Crippen MR) is 51.1 cm³/mol. The van der Waals surface area contributed by atoms with E-state index in [0.29, 0.717) is 0 Å². The molecule has 1 rings (SSSR count). The van der Waals surface area contributed by atoms with Gasteiger partial charge in [0.1, 0.15) is 0 Å². The van der Waals surface area contributed by atoms with Crippen LogP contribution in [0.3, 0.4) is 0 Å². The zero-order valence-electron chi connectivity index (χ0n) is 8.21. The summed E-state index contributed by atoms with van der Waals surface area (Å²) in [5.74, 6) is 0.897. The van der Waals surface area contributed by atoms with Gasteiger partial charge in [0.05, 0.1) is 6.10 Å². The molecule has 0 saturated heterocycles. The van der Waals surface area contributed by atoms with Gasteiger partial charge in [-0.3, -0.25) is 0 Å². The third-order valence-corrected chi connectivity index (χ3v) is 2.69. The van der Waals surface area contributed by atoms with Gasteiger partial charge >= 0.3 is 0 Å². The van der Waals surface area contributed by atoms with Crippen molar-refractivity contribution in [2.24, 2.45) is 5.92 Å². The Balaban J connectivity index is 2.00. The normalized spacial score (nSPS) is 32.2. The Labute approximate surface area is 75.4 Å². The molecule has 0 aromatic heterocycles. The van der Waals surface area contributed by atoms with E-state index >= 15 is 0 Å². The molecule has 2 heteroatoms. The molecule has 12 heavy (non-hydrogen) atoms. The van der Waals surface area contributed by atoms with E-state index in [9.17, 15) is 0 Å². The molecule has 1 saturated carbocycles. The lowest BCUT2D eigenvalue weighted by atomic mass is 10.1. The predicted octanol–water partition coefficient (Wildman–Crippen LogP) is 1.54. The quantitative estimate of drug-likeness (QED) is 0.672. The lowest BCUT2D eigenvalue weighted by Gasteiger charge is -2.12. The van der Waals surface area contributed by atoms with Crippen LogP contribution in [0.25, 0.3) is 0 Å². The molecule has 0 aromatic rings. The number of hydrogen-bond donors (Lipinski definition) is 2. The van der Waals surface area contributed by atoms with E-state index in [2.05, 4.69) is 12.2 Å². The van der Waals surface area contributed by atoms with Crippen LogP contribution in [0, 0.1) is 5.92 Å². The maximum Gasteiger partial charge on any atom is 0.0524 e. The number of nitrogens with one attached hydrogen (secondary N) is 1. The van der Waals surface area contributed by atoms with Crippen LogP contribution in [0.15, 0.2) is 0 Å². The topological polar surface area (TPSA) is 32.3 Å². The Morgan fingerprint density at radius 1 is 1.50 bits per heavy atom. The molecule has 0 aliphatic heterocycles. The second kappa shape index (κ2) is 4.83. The van der Waals surface area contributed by atoms with Crippen molar-refractivity contribution in [2.75, 3.05) is 6.54 Å². The lowest BCUT2D eigenvalue weighted by molar-refractivity contribution is 0.182. The van der Waals surface area contributed by atoms with Crippen molar-refractivity contribution in [3.63, 3.8) is 0 Å². The lowest BCUT2D eigenvalue weighted by Crippen LogP contribution is -2.28. The minimum atomic E-state index is -0.156. The van der Waals surface area contributed by atoms with Crippen LogP contribution in [0.2, 0.25) is 0 Å². The highest BCUT2D eigenvalue weighted by Crippen LogP contribution is 2.24. The molecule has 1 aliphatic rings. The van der Waals surface area contributed by atoms with Gasteiger partial charge in [-0.05, 0) is 45.1 Å². The third kappa shape index (κ3) is 3.55. The van der Waals surface area contributed by atoms with E-state index in [1.54, 1.807) is 0 Å². The highest BCUT2D eigenvalue weighted by molar-refractivity contribution is 4.78. The van der Waals surface area contributed by atoms with Crippen LogP contribution < -0.4 is 5.32 Å². The van der Waals surface area contributed by atoms with Gasteiger partial charge in [0.2, 0.25) is 0 Å². The van der Waals surface area contributed by atoms with E-state index in [-0.39, 0.29) is 6.10 Å². The van der Waals surface area contributed by atoms with Crippen molar-refractivity contribution in [3.05, 3.63) is 0 Å². The summed E-state index contributed by atoms with van der Waals surface area (Å²) in [6.45, 7) is 5.13. The van der Waals surface area contributed by atoms with Crippen LogP contribution in [0.4, 0.5) is 0 Å². The zero-order valence-corrected chi connectivity index (χ0v) is 8.21. The summed E-state index contributed by atoms with van der Waals surface area (Å²) >= 11 is 0. The minimum absolute atomic E-state index is 0.156. The second-order valence-electron chi connectivity index (χ2n) is 4.21. The zero-order chi connectivity index (χ0) is 8.97. The van der Waals surface area contributed by atoms with Crippen LogP contribution in [0.1, 0.15) is 39.5 Å². The summed E-state index contributed by atoms with van der Waals surface area (Å²) in [5.41, 5.74) is 0. The molecule has 0 spiro atoms. The molecule has 0 radical (unpaired) electrons. The molecule has 2 N–H and O–H groups in total. The van der Waals surface area contributed by atoms with Crippen molar-refractivity contribution in [2.45, 2.75) is 51.7 Å². The van der Waals surface area contributed by atoms with E-state index in [4.69, 9.17) is 5.11 Å². The van der Waals surface area contributed by atoms with Gasteiger partial charge < -0.3 is 10.4 Å². The largest absolute Gasteiger partial charge is 0.393 e. The van der Waals surface area contributed by atoms with Crippen molar-refractivity contribution < 1.29 is 5.11 Å². The minimum Gasteiger partial charge on any atom is -0.393 e. The average Bonchev–Trinajstić information content (AvgIpc) is 2.35. The maximum atomic E-state index is 9.04. The molecular formula is C10H21NO. The summed E-state index contributed by atoms with van der Waals surface area (Å²) in [7, 11) is 0. The van der Waals surface area contributed by atoms with Crippen molar-refractivity contribution in [3.8, 4) is 0 Å². The van der Waals surface area contributed by atoms with Gasteiger partial charge in [-0.15, -0.1) is 0 Å².